The Bertz CT molecular complexity index is 581. The maximum atomic E-state index is 10.9. The molecule has 0 heterocycles. The lowest BCUT2D eigenvalue weighted by Gasteiger charge is -2.19. The molecule has 0 aliphatic rings. The van der Waals surface area contributed by atoms with E-state index in [1.807, 2.05) is 42.3 Å². The van der Waals surface area contributed by atoms with Gasteiger partial charge in [0, 0.05) is 24.3 Å². The smallest absolute Gasteiger partial charge is 0.335 e. The molecule has 0 bridgehead atoms. The molecule has 98 valence electrons. The van der Waals surface area contributed by atoms with Crippen LogP contribution in [0.2, 0.25) is 5.02 Å². The number of nitrogens with zero attached hydrogens (tertiary/aromatic N) is 1. The van der Waals surface area contributed by atoms with Gasteiger partial charge in [-0.25, -0.2) is 4.79 Å². The average molecular weight is 276 g/mol. The van der Waals surface area contributed by atoms with Crippen molar-refractivity contribution >= 4 is 23.3 Å². The summed E-state index contributed by atoms with van der Waals surface area (Å²) in [5, 5.41) is 9.69. The van der Waals surface area contributed by atoms with E-state index >= 15 is 0 Å². The lowest BCUT2D eigenvalue weighted by molar-refractivity contribution is 0.0697. The minimum atomic E-state index is -0.915. The molecule has 0 radical (unpaired) electrons. The number of aromatic carboxylic acids is 1. The van der Waals surface area contributed by atoms with Crippen LogP contribution in [0.15, 0.2) is 48.5 Å². The van der Waals surface area contributed by atoms with Gasteiger partial charge in [0.25, 0.3) is 0 Å². The highest BCUT2D eigenvalue weighted by atomic mass is 35.5. The van der Waals surface area contributed by atoms with Crippen molar-refractivity contribution in [1.82, 2.24) is 0 Å². The normalized spacial score (nSPS) is 10.2. The second-order valence-electron chi connectivity index (χ2n) is 4.34. The monoisotopic (exact) mass is 275 g/mol. The maximum absolute atomic E-state index is 10.9. The summed E-state index contributed by atoms with van der Waals surface area (Å²) in [6.07, 6.45) is 0. The molecule has 4 heteroatoms. The largest absolute Gasteiger partial charge is 0.478 e. The van der Waals surface area contributed by atoms with Gasteiger partial charge >= 0.3 is 5.97 Å². The second-order valence-corrected chi connectivity index (χ2v) is 4.77. The van der Waals surface area contributed by atoms with Gasteiger partial charge in [-0.1, -0.05) is 29.8 Å². The molecule has 2 rings (SSSR count). The number of carboxylic acids is 1. The van der Waals surface area contributed by atoms with E-state index < -0.39 is 5.97 Å². The van der Waals surface area contributed by atoms with Crippen LogP contribution in [0.4, 0.5) is 5.69 Å². The molecule has 3 nitrogen and oxygen atoms in total. The van der Waals surface area contributed by atoms with E-state index in [9.17, 15) is 4.79 Å². The van der Waals surface area contributed by atoms with Crippen molar-refractivity contribution in [2.24, 2.45) is 0 Å². The molecule has 19 heavy (non-hydrogen) atoms. The summed E-state index contributed by atoms with van der Waals surface area (Å²) >= 11 is 5.84. The summed E-state index contributed by atoms with van der Waals surface area (Å²) in [7, 11) is 1.93. The predicted octanol–water partition coefficient (Wildman–Crippen LogP) is 3.67. The van der Waals surface area contributed by atoms with Crippen LogP contribution in [0.3, 0.4) is 0 Å². The minimum Gasteiger partial charge on any atom is -0.478 e. The molecule has 0 amide bonds. The molecule has 2 aromatic carbocycles. The van der Waals surface area contributed by atoms with Crippen LogP contribution in [-0.2, 0) is 6.54 Å². The number of hydrogen-bond acceptors (Lipinski definition) is 2. The lowest BCUT2D eigenvalue weighted by atomic mass is 10.1. The van der Waals surface area contributed by atoms with Gasteiger partial charge in [0.15, 0.2) is 0 Å². The van der Waals surface area contributed by atoms with E-state index in [0.29, 0.717) is 17.1 Å². The fourth-order valence-corrected chi connectivity index (χ4v) is 1.96. The molecule has 0 saturated heterocycles. The summed E-state index contributed by atoms with van der Waals surface area (Å²) < 4.78 is 0. The Morgan fingerprint density at radius 3 is 2.53 bits per heavy atom. The number of carbonyl (C=O) groups is 1. The molecule has 0 atom stereocenters. The summed E-state index contributed by atoms with van der Waals surface area (Å²) in [4.78, 5) is 12.9. The van der Waals surface area contributed by atoms with E-state index in [1.54, 1.807) is 18.2 Å². The minimum absolute atomic E-state index is 0.292. The number of halogens is 1. The molecule has 1 N–H and O–H groups in total. The third-order valence-electron chi connectivity index (χ3n) is 2.87. The summed E-state index contributed by atoms with van der Waals surface area (Å²) in [6.45, 7) is 0.695. The highest BCUT2D eigenvalue weighted by molar-refractivity contribution is 6.30. The third kappa shape index (κ3) is 3.48. The van der Waals surface area contributed by atoms with Crippen molar-refractivity contribution in [2.45, 2.75) is 6.54 Å². The first-order chi connectivity index (χ1) is 9.06. The van der Waals surface area contributed by atoms with Crippen molar-refractivity contribution in [3.05, 3.63) is 64.7 Å². The molecule has 0 aliphatic carbocycles. The molecule has 0 aliphatic heterocycles. The Balaban J connectivity index is 2.15. The fraction of sp³-hybridized carbons (Fsp3) is 0.133. The van der Waals surface area contributed by atoms with Crippen molar-refractivity contribution in [3.63, 3.8) is 0 Å². The van der Waals surface area contributed by atoms with Crippen LogP contribution < -0.4 is 4.90 Å². The molecule has 0 saturated carbocycles. The van der Waals surface area contributed by atoms with Gasteiger partial charge in [-0.15, -0.1) is 0 Å². The van der Waals surface area contributed by atoms with Crippen LogP contribution >= 0.6 is 11.6 Å². The Kier molecular flexibility index (Phi) is 4.07. The molecule has 0 unspecified atom stereocenters. The predicted molar refractivity (Wildman–Crippen MR) is 77.0 cm³/mol. The Labute approximate surface area is 117 Å². The van der Waals surface area contributed by atoms with E-state index in [4.69, 9.17) is 16.7 Å². The third-order valence-corrected chi connectivity index (χ3v) is 3.12. The van der Waals surface area contributed by atoms with E-state index in [-0.39, 0.29) is 0 Å². The average Bonchev–Trinajstić information content (AvgIpc) is 2.41. The zero-order chi connectivity index (χ0) is 13.8. The lowest BCUT2D eigenvalue weighted by Crippen LogP contribution is -2.16. The molecule has 0 fully saturated rings. The molecule has 0 aromatic heterocycles. The van der Waals surface area contributed by atoms with Gasteiger partial charge in [-0.05, 0) is 35.9 Å². The zero-order valence-electron chi connectivity index (χ0n) is 10.5. The van der Waals surface area contributed by atoms with Crippen LogP contribution in [0.25, 0.3) is 0 Å². The van der Waals surface area contributed by atoms with Crippen LogP contribution in [0.5, 0.6) is 0 Å². The zero-order valence-corrected chi connectivity index (χ0v) is 11.3. The molecule has 0 spiro atoms. The number of benzene rings is 2. The van der Waals surface area contributed by atoms with Crippen LogP contribution in [-0.4, -0.2) is 18.1 Å². The van der Waals surface area contributed by atoms with Crippen molar-refractivity contribution in [1.29, 1.82) is 0 Å². The topological polar surface area (TPSA) is 40.5 Å². The van der Waals surface area contributed by atoms with Gasteiger partial charge in [-0.2, -0.15) is 0 Å². The standard InChI is InChI=1S/C15H14ClNO2/c1-17(10-11-5-7-13(16)8-6-11)14-4-2-3-12(9-14)15(18)19/h2-9H,10H2,1H3,(H,18,19). The fourth-order valence-electron chi connectivity index (χ4n) is 1.83. The van der Waals surface area contributed by atoms with Gasteiger partial charge in [0.05, 0.1) is 5.56 Å². The number of carboxylic acid groups (broad SMARTS) is 1. The molecule has 2 aromatic rings. The number of rotatable bonds is 4. The van der Waals surface area contributed by atoms with E-state index in [0.717, 1.165) is 11.3 Å². The Morgan fingerprint density at radius 2 is 1.89 bits per heavy atom. The van der Waals surface area contributed by atoms with Gasteiger partial charge in [0.2, 0.25) is 0 Å². The van der Waals surface area contributed by atoms with E-state index in [2.05, 4.69) is 0 Å². The first kappa shape index (κ1) is 13.4. The number of anilines is 1. The highest BCUT2D eigenvalue weighted by Crippen LogP contribution is 2.18. The van der Waals surface area contributed by atoms with Gasteiger partial charge < -0.3 is 10.0 Å². The highest BCUT2D eigenvalue weighted by Gasteiger charge is 2.06. The second kappa shape index (κ2) is 5.76. The quantitative estimate of drug-likeness (QED) is 0.925. The van der Waals surface area contributed by atoms with E-state index in [1.165, 1.54) is 0 Å². The summed E-state index contributed by atoms with van der Waals surface area (Å²) in [5.41, 5.74) is 2.28. The number of hydrogen-bond donors (Lipinski definition) is 1. The summed E-state index contributed by atoms with van der Waals surface area (Å²) in [6, 6.07) is 14.5. The van der Waals surface area contributed by atoms with Gasteiger partial charge in [-0.3, -0.25) is 0 Å². The van der Waals surface area contributed by atoms with Crippen molar-refractivity contribution < 1.29 is 9.90 Å². The van der Waals surface area contributed by atoms with Crippen molar-refractivity contribution in [3.8, 4) is 0 Å². The van der Waals surface area contributed by atoms with Gasteiger partial charge in [0.1, 0.15) is 0 Å². The first-order valence-electron chi connectivity index (χ1n) is 5.85. The Hall–Kier alpha value is -2.00. The first-order valence-corrected chi connectivity index (χ1v) is 6.23. The van der Waals surface area contributed by atoms with Crippen LogP contribution in [0.1, 0.15) is 15.9 Å². The maximum Gasteiger partial charge on any atom is 0.335 e. The van der Waals surface area contributed by atoms with Crippen molar-refractivity contribution in [2.75, 3.05) is 11.9 Å². The SMILES string of the molecule is CN(Cc1ccc(Cl)cc1)c1cccc(C(=O)O)c1. The van der Waals surface area contributed by atoms with Crippen LogP contribution in [0, 0.1) is 0 Å². The molecular weight excluding hydrogens is 262 g/mol. The molecular formula is C15H14ClNO2. The Morgan fingerprint density at radius 1 is 1.21 bits per heavy atom. The summed E-state index contributed by atoms with van der Waals surface area (Å²) in [5.74, 6) is -0.915.